The van der Waals surface area contributed by atoms with E-state index in [9.17, 15) is 14.9 Å². The van der Waals surface area contributed by atoms with Crippen molar-refractivity contribution in [1.29, 1.82) is 5.26 Å². The smallest absolute Gasteiger partial charge is 0.330 e. The molecule has 0 saturated heterocycles. The largest absolute Gasteiger partial charge is 0.461 e. The maximum Gasteiger partial charge on any atom is 0.330 e. The maximum absolute atomic E-state index is 11.3. The molecule has 1 aromatic heterocycles. The number of azo groups is 1. The molecule has 0 aliphatic heterocycles. The van der Waals surface area contributed by atoms with Crippen molar-refractivity contribution in [2.24, 2.45) is 10.2 Å². The lowest BCUT2D eigenvalue weighted by Crippen LogP contribution is -2.32. The number of rotatable bonds is 11. The van der Waals surface area contributed by atoms with Crippen LogP contribution in [0.3, 0.4) is 0 Å². The fourth-order valence-corrected chi connectivity index (χ4v) is 3.28. The molecule has 9 nitrogen and oxygen atoms in total. The summed E-state index contributed by atoms with van der Waals surface area (Å²) in [6.45, 7) is 11.4. The number of nitrogens with zero attached hydrogens (tertiary/aromatic N) is 5. The van der Waals surface area contributed by atoms with Gasteiger partial charge in [-0.25, -0.2) is 9.59 Å². The molecule has 0 fully saturated rings. The van der Waals surface area contributed by atoms with E-state index in [4.69, 9.17) is 9.47 Å². The summed E-state index contributed by atoms with van der Waals surface area (Å²) in [5, 5.41) is 18.1. The van der Waals surface area contributed by atoms with Gasteiger partial charge in [0.1, 0.15) is 24.8 Å². The quantitative estimate of drug-likeness (QED) is 0.283. The summed E-state index contributed by atoms with van der Waals surface area (Å²) in [5.41, 5.74) is 3.37. The summed E-state index contributed by atoms with van der Waals surface area (Å²) >= 11 is 1.12. The molecule has 0 amide bonds. The lowest BCUT2D eigenvalue weighted by Gasteiger charge is -2.25. The molecule has 2 aromatic rings. The third-order valence-electron chi connectivity index (χ3n) is 4.29. The minimum absolute atomic E-state index is 0.141. The molecule has 1 aromatic carbocycles. The second-order valence-corrected chi connectivity index (χ2v) is 7.21. The number of ether oxygens (including phenoxy) is 2. The molecule has 2 rings (SSSR count). The van der Waals surface area contributed by atoms with Crippen LogP contribution in [-0.4, -0.2) is 42.6 Å². The summed E-state index contributed by atoms with van der Waals surface area (Å²) in [5.74, 6) is -1.02. The van der Waals surface area contributed by atoms with Crippen molar-refractivity contribution < 1.29 is 19.1 Å². The van der Waals surface area contributed by atoms with E-state index in [-0.39, 0.29) is 13.2 Å². The van der Waals surface area contributed by atoms with Crippen LogP contribution in [0.1, 0.15) is 16.8 Å². The summed E-state index contributed by atoms with van der Waals surface area (Å²) in [4.78, 5) is 24.6. The Morgan fingerprint density at radius 2 is 1.78 bits per heavy atom. The number of esters is 2. The first-order chi connectivity index (χ1) is 15.4. The van der Waals surface area contributed by atoms with Crippen molar-refractivity contribution in [3.63, 3.8) is 0 Å². The Morgan fingerprint density at radius 3 is 2.31 bits per heavy atom. The molecule has 32 heavy (non-hydrogen) atoms. The first-order valence-electron chi connectivity index (χ1n) is 9.61. The molecule has 0 aliphatic rings. The van der Waals surface area contributed by atoms with Crippen LogP contribution in [0.5, 0.6) is 0 Å². The van der Waals surface area contributed by atoms with E-state index >= 15 is 0 Å². The molecule has 10 heteroatoms. The second kappa shape index (κ2) is 12.1. The SMILES string of the molecule is C=CC(=O)OCCN(CCOC(=O)C=C)c1ccc(N=Nc2snc(C)c2C#N)c(C)c1. The Hall–Kier alpha value is -3.84. The van der Waals surface area contributed by atoms with Crippen molar-refractivity contribution in [2.45, 2.75) is 13.8 Å². The molecule has 0 aliphatic carbocycles. The summed E-state index contributed by atoms with van der Waals surface area (Å²) in [6, 6.07) is 7.63. The number of hydrogen-bond acceptors (Lipinski definition) is 10. The Bertz CT molecular complexity index is 1040. The van der Waals surface area contributed by atoms with E-state index in [1.54, 1.807) is 13.0 Å². The van der Waals surface area contributed by atoms with Gasteiger partial charge in [0.25, 0.3) is 0 Å². The number of aryl methyl sites for hydroxylation is 2. The van der Waals surface area contributed by atoms with Gasteiger partial charge in [0.15, 0.2) is 5.00 Å². The van der Waals surface area contributed by atoms with E-state index in [0.717, 1.165) is 34.9 Å². The predicted octanol–water partition coefficient (Wildman–Crippen LogP) is 4.31. The van der Waals surface area contributed by atoms with E-state index in [1.807, 2.05) is 24.0 Å². The highest BCUT2D eigenvalue weighted by atomic mass is 32.1. The van der Waals surface area contributed by atoms with Gasteiger partial charge in [-0.2, -0.15) is 9.64 Å². The third kappa shape index (κ3) is 6.85. The number of hydrogen-bond donors (Lipinski definition) is 0. The van der Waals surface area contributed by atoms with Gasteiger partial charge in [-0.05, 0) is 49.1 Å². The number of aromatic nitrogens is 1. The zero-order valence-corrected chi connectivity index (χ0v) is 18.7. The van der Waals surface area contributed by atoms with Crippen molar-refractivity contribution in [2.75, 3.05) is 31.2 Å². The van der Waals surface area contributed by atoms with Crippen LogP contribution in [0.4, 0.5) is 16.4 Å². The van der Waals surface area contributed by atoms with Crippen LogP contribution in [0, 0.1) is 25.2 Å². The van der Waals surface area contributed by atoms with Crippen LogP contribution in [0.15, 0.2) is 53.7 Å². The van der Waals surface area contributed by atoms with Crippen molar-refractivity contribution >= 4 is 39.8 Å². The van der Waals surface area contributed by atoms with Crippen LogP contribution < -0.4 is 4.90 Å². The molecule has 166 valence electrons. The van der Waals surface area contributed by atoms with Crippen LogP contribution in [-0.2, 0) is 19.1 Å². The number of carbonyl (C=O) groups excluding carboxylic acids is 2. The van der Waals surface area contributed by atoms with Gasteiger partial charge < -0.3 is 14.4 Å². The minimum atomic E-state index is -0.509. The zero-order valence-electron chi connectivity index (χ0n) is 17.9. The number of carbonyl (C=O) groups is 2. The van der Waals surface area contributed by atoms with Crippen molar-refractivity contribution in [1.82, 2.24) is 4.37 Å². The number of anilines is 1. The lowest BCUT2D eigenvalue weighted by molar-refractivity contribution is -0.137. The Labute approximate surface area is 190 Å². The van der Waals surface area contributed by atoms with Crippen LogP contribution in [0.25, 0.3) is 0 Å². The van der Waals surface area contributed by atoms with Crippen molar-refractivity contribution in [3.05, 3.63) is 60.3 Å². The molecule has 0 atom stereocenters. The number of benzene rings is 1. The van der Waals surface area contributed by atoms with Gasteiger partial charge in [0.05, 0.1) is 24.5 Å². The maximum atomic E-state index is 11.3. The fourth-order valence-electron chi connectivity index (χ4n) is 2.60. The van der Waals surface area contributed by atoms with Gasteiger partial charge in [-0.15, -0.1) is 10.2 Å². The van der Waals surface area contributed by atoms with E-state index in [2.05, 4.69) is 33.8 Å². The molecule has 0 saturated carbocycles. The average Bonchev–Trinajstić information content (AvgIpc) is 3.15. The minimum Gasteiger partial charge on any atom is -0.461 e. The molecule has 0 spiro atoms. The average molecular weight is 454 g/mol. The van der Waals surface area contributed by atoms with E-state index in [0.29, 0.717) is 35.0 Å². The first-order valence-corrected chi connectivity index (χ1v) is 10.4. The monoisotopic (exact) mass is 453 g/mol. The normalized spacial score (nSPS) is 10.4. The van der Waals surface area contributed by atoms with Gasteiger partial charge in [0, 0.05) is 17.8 Å². The zero-order chi connectivity index (χ0) is 23.5. The number of nitriles is 1. The highest BCUT2D eigenvalue weighted by molar-refractivity contribution is 7.10. The predicted molar refractivity (Wildman–Crippen MR) is 121 cm³/mol. The molecular formula is C22H23N5O4S. The fraction of sp³-hybridized carbons (Fsp3) is 0.273. The highest BCUT2D eigenvalue weighted by Crippen LogP contribution is 2.31. The molecular weight excluding hydrogens is 430 g/mol. The lowest BCUT2D eigenvalue weighted by atomic mass is 10.1. The highest BCUT2D eigenvalue weighted by Gasteiger charge is 2.12. The Kier molecular flexibility index (Phi) is 9.25. The summed E-state index contributed by atoms with van der Waals surface area (Å²) in [6.07, 6.45) is 2.20. The van der Waals surface area contributed by atoms with E-state index in [1.165, 1.54) is 0 Å². The first kappa shape index (κ1) is 24.4. The molecule has 0 N–H and O–H groups in total. The van der Waals surface area contributed by atoms with Crippen LogP contribution in [0.2, 0.25) is 0 Å². The Morgan fingerprint density at radius 1 is 1.16 bits per heavy atom. The second-order valence-electron chi connectivity index (χ2n) is 6.46. The van der Waals surface area contributed by atoms with Gasteiger partial charge in [0.2, 0.25) is 0 Å². The molecule has 0 unspecified atom stereocenters. The topological polar surface area (TPSA) is 117 Å². The molecule has 1 heterocycles. The Balaban J connectivity index is 2.16. The van der Waals surface area contributed by atoms with Gasteiger partial charge in [-0.1, -0.05) is 13.2 Å². The van der Waals surface area contributed by atoms with Crippen LogP contribution >= 0.6 is 11.5 Å². The van der Waals surface area contributed by atoms with Gasteiger partial charge >= 0.3 is 11.9 Å². The summed E-state index contributed by atoms with van der Waals surface area (Å²) < 4.78 is 14.3. The standard InChI is InChI=1S/C22H23N5O4S/c1-5-20(28)30-11-9-27(10-12-31-21(29)6-2)17-7-8-19(15(3)13-17)24-25-22-18(14-23)16(4)26-32-22/h5-8,13H,1-2,9-12H2,3-4H3. The molecule has 0 radical (unpaired) electrons. The third-order valence-corrected chi connectivity index (χ3v) is 5.12. The van der Waals surface area contributed by atoms with Gasteiger partial charge in [-0.3, -0.25) is 0 Å². The summed E-state index contributed by atoms with van der Waals surface area (Å²) in [7, 11) is 0. The van der Waals surface area contributed by atoms with E-state index < -0.39 is 11.9 Å². The molecule has 0 bridgehead atoms. The van der Waals surface area contributed by atoms with Crippen molar-refractivity contribution in [3.8, 4) is 6.07 Å².